The number of sulfone groups is 1. The van der Waals surface area contributed by atoms with E-state index in [9.17, 15) is 18.0 Å². The summed E-state index contributed by atoms with van der Waals surface area (Å²) in [4.78, 5) is 26.1. The van der Waals surface area contributed by atoms with Crippen molar-refractivity contribution >= 4 is 27.3 Å². The third-order valence-electron chi connectivity index (χ3n) is 4.27. The van der Waals surface area contributed by atoms with Crippen LogP contribution in [-0.2, 0) is 20.4 Å². The van der Waals surface area contributed by atoms with E-state index in [1.54, 1.807) is 6.07 Å². The molecule has 0 fully saturated rings. The molecular weight excluding hydrogens is 390 g/mol. The number of rotatable bonds is 7. The van der Waals surface area contributed by atoms with Gasteiger partial charge < -0.3 is 10.2 Å². The van der Waals surface area contributed by atoms with Crippen LogP contribution in [0.15, 0.2) is 42.5 Å². The van der Waals surface area contributed by atoms with Crippen molar-refractivity contribution < 1.29 is 18.0 Å². The van der Waals surface area contributed by atoms with E-state index in [0.29, 0.717) is 16.8 Å². The SMILES string of the molecule is Cc1ccc(C)c(NC(=O)CN(C)C(=O)c2ccc(CS(=O)(=O)CC#N)cc2)c1. The maximum Gasteiger partial charge on any atom is 0.254 e. The molecule has 0 saturated heterocycles. The van der Waals surface area contributed by atoms with Gasteiger partial charge in [-0.25, -0.2) is 8.42 Å². The number of benzene rings is 2. The number of nitrogens with one attached hydrogen (secondary N) is 1. The van der Waals surface area contributed by atoms with Gasteiger partial charge in [0.2, 0.25) is 5.91 Å². The second-order valence-corrected chi connectivity index (χ2v) is 8.98. The summed E-state index contributed by atoms with van der Waals surface area (Å²) in [7, 11) is -1.97. The average Bonchev–Trinajstić information content (AvgIpc) is 2.64. The molecule has 7 nitrogen and oxygen atoms in total. The Balaban J connectivity index is 2.00. The number of amides is 2. The molecule has 29 heavy (non-hydrogen) atoms. The third-order valence-corrected chi connectivity index (χ3v) is 5.61. The molecule has 0 aliphatic carbocycles. The van der Waals surface area contributed by atoms with Crippen molar-refractivity contribution in [2.75, 3.05) is 24.7 Å². The fourth-order valence-corrected chi connectivity index (χ4v) is 3.71. The molecule has 0 spiro atoms. The smallest absolute Gasteiger partial charge is 0.254 e. The van der Waals surface area contributed by atoms with Crippen molar-refractivity contribution in [3.8, 4) is 6.07 Å². The highest BCUT2D eigenvalue weighted by molar-refractivity contribution is 7.90. The number of nitrogens with zero attached hydrogens (tertiary/aromatic N) is 2. The van der Waals surface area contributed by atoms with Gasteiger partial charge in [0, 0.05) is 18.3 Å². The fourth-order valence-electron chi connectivity index (χ4n) is 2.71. The second kappa shape index (κ2) is 9.34. The Morgan fingerprint density at radius 2 is 1.76 bits per heavy atom. The number of carbonyl (C=O) groups excluding carboxylic acids is 2. The van der Waals surface area contributed by atoms with Crippen LogP contribution in [0.4, 0.5) is 5.69 Å². The molecule has 2 aromatic carbocycles. The summed E-state index contributed by atoms with van der Waals surface area (Å²) in [6.07, 6.45) is 0. The van der Waals surface area contributed by atoms with Crippen molar-refractivity contribution in [2.24, 2.45) is 0 Å². The molecule has 1 N–H and O–H groups in total. The largest absolute Gasteiger partial charge is 0.332 e. The number of carbonyl (C=O) groups is 2. The molecule has 152 valence electrons. The van der Waals surface area contributed by atoms with Crippen LogP contribution in [0.3, 0.4) is 0 Å². The summed E-state index contributed by atoms with van der Waals surface area (Å²) in [5.41, 5.74) is 3.49. The van der Waals surface area contributed by atoms with Crippen molar-refractivity contribution in [1.82, 2.24) is 4.90 Å². The molecule has 0 aliphatic heterocycles. The Kier molecular flexibility index (Phi) is 7.13. The molecule has 0 unspecified atom stereocenters. The number of anilines is 1. The zero-order valence-electron chi connectivity index (χ0n) is 16.6. The molecule has 0 aromatic heterocycles. The topological polar surface area (TPSA) is 107 Å². The van der Waals surface area contributed by atoms with Crippen molar-refractivity contribution in [1.29, 1.82) is 5.26 Å². The first kappa shape index (κ1) is 22.1. The summed E-state index contributed by atoms with van der Waals surface area (Å²) in [5, 5.41) is 11.3. The van der Waals surface area contributed by atoms with Crippen LogP contribution in [0.1, 0.15) is 27.0 Å². The Bertz CT molecular complexity index is 1050. The minimum absolute atomic E-state index is 0.121. The predicted octanol–water partition coefficient (Wildman–Crippen LogP) is 2.45. The number of nitriles is 1. The number of aryl methyl sites for hydroxylation is 2. The summed E-state index contributed by atoms with van der Waals surface area (Å²) in [6, 6.07) is 13.5. The third kappa shape index (κ3) is 6.43. The molecular formula is C21H23N3O4S. The Morgan fingerprint density at radius 3 is 2.38 bits per heavy atom. The molecule has 2 aromatic rings. The Labute approximate surface area is 170 Å². The summed E-state index contributed by atoms with van der Waals surface area (Å²) in [6.45, 7) is 3.70. The van der Waals surface area contributed by atoms with Crippen molar-refractivity contribution in [3.05, 3.63) is 64.7 Å². The van der Waals surface area contributed by atoms with Crippen LogP contribution in [0, 0.1) is 25.2 Å². The van der Waals surface area contributed by atoms with Crippen LogP contribution < -0.4 is 5.32 Å². The van der Waals surface area contributed by atoms with Gasteiger partial charge in [-0.2, -0.15) is 5.26 Å². The Hall–Kier alpha value is -3.18. The van der Waals surface area contributed by atoms with E-state index in [1.165, 1.54) is 36.2 Å². The van der Waals surface area contributed by atoms with Crippen molar-refractivity contribution in [2.45, 2.75) is 19.6 Å². The summed E-state index contributed by atoms with van der Waals surface area (Å²) in [5.74, 6) is -1.48. The number of likely N-dealkylation sites (N-methyl/N-ethyl adjacent to an activating group) is 1. The van der Waals surface area contributed by atoms with Gasteiger partial charge in [0.15, 0.2) is 9.84 Å². The molecule has 2 rings (SSSR count). The number of hydrogen-bond acceptors (Lipinski definition) is 5. The fraction of sp³-hybridized carbons (Fsp3) is 0.286. The van der Waals surface area contributed by atoms with Gasteiger partial charge in [0.25, 0.3) is 5.91 Å². The molecule has 0 saturated carbocycles. The quantitative estimate of drug-likeness (QED) is 0.750. The minimum Gasteiger partial charge on any atom is -0.332 e. The van der Waals surface area contributed by atoms with Crippen LogP contribution in [0.25, 0.3) is 0 Å². The van der Waals surface area contributed by atoms with Crippen LogP contribution in [0.5, 0.6) is 0 Å². The van der Waals surface area contributed by atoms with E-state index in [0.717, 1.165) is 11.1 Å². The Morgan fingerprint density at radius 1 is 1.10 bits per heavy atom. The molecule has 0 radical (unpaired) electrons. The highest BCUT2D eigenvalue weighted by atomic mass is 32.2. The molecule has 0 aliphatic rings. The maximum atomic E-state index is 12.5. The van der Waals surface area contributed by atoms with Gasteiger partial charge in [-0.05, 0) is 48.7 Å². The van der Waals surface area contributed by atoms with E-state index in [4.69, 9.17) is 5.26 Å². The second-order valence-electron chi connectivity index (χ2n) is 6.92. The predicted molar refractivity (Wildman–Crippen MR) is 111 cm³/mol. The monoisotopic (exact) mass is 413 g/mol. The minimum atomic E-state index is -3.50. The van der Waals surface area contributed by atoms with Gasteiger partial charge in [-0.15, -0.1) is 0 Å². The summed E-state index contributed by atoms with van der Waals surface area (Å²) >= 11 is 0. The molecule has 2 amide bonds. The normalized spacial score (nSPS) is 10.8. The lowest BCUT2D eigenvalue weighted by Gasteiger charge is -2.18. The molecule has 0 bridgehead atoms. The first-order chi connectivity index (χ1) is 13.6. The lowest BCUT2D eigenvalue weighted by Crippen LogP contribution is -2.35. The van der Waals surface area contributed by atoms with Crippen LogP contribution in [-0.4, -0.2) is 44.5 Å². The molecule has 0 atom stereocenters. The highest BCUT2D eigenvalue weighted by Gasteiger charge is 2.17. The van der Waals surface area contributed by atoms with E-state index in [2.05, 4.69) is 5.32 Å². The standard InChI is InChI=1S/C21H23N3O4S/c1-15-4-5-16(2)19(12-15)23-20(25)13-24(3)21(26)18-8-6-17(7-9-18)14-29(27,28)11-10-22/h4-9,12H,11,13-14H2,1-3H3,(H,23,25). The van der Waals surface area contributed by atoms with E-state index in [-0.39, 0.29) is 24.1 Å². The van der Waals surface area contributed by atoms with Gasteiger partial charge in [0.05, 0.1) is 18.4 Å². The zero-order chi connectivity index (χ0) is 21.6. The van der Waals surface area contributed by atoms with Gasteiger partial charge in [-0.3, -0.25) is 9.59 Å². The van der Waals surface area contributed by atoms with Gasteiger partial charge in [-0.1, -0.05) is 24.3 Å². The zero-order valence-corrected chi connectivity index (χ0v) is 17.4. The molecule has 0 heterocycles. The lowest BCUT2D eigenvalue weighted by atomic mass is 10.1. The van der Waals surface area contributed by atoms with Crippen molar-refractivity contribution in [3.63, 3.8) is 0 Å². The van der Waals surface area contributed by atoms with Crippen LogP contribution >= 0.6 is 0 Å². The first-order valence-electron chi connectivity index (χ1n) is 8.90. The van der Waals surface area contributed by atoms with E-state index in [1.807, 2.05) is 32.0 Å². The maximum absolute atomic E-state index is 12.5. The van der Waals surface area contributed by atoms with Gasteiger partial charge >= 0.3 is 0 Å². The average molecular weight is 413 g/mol. The summed E-state index contributed by atoms with van der Waals surface area (Å²) < 4.78 is 23.4. The highest BCUT2D eigenvalue weighted by Crippen LogP contribution is 2.16. The number of hydrogen-bond donors (Lipinski definition) is 1. The first-order valence-corrected chi connectivity index (χ1v) is 10.7. The van der Waals surface area contributed by atoms with E-state index >= 15 is 0 Å². The van der Waals surface area contributed by atoms with E-state index < -0.39 is 15.6 Å². The van der Waals surface area contributed by atoms with Gasteiger partial charge in [0.1, 0.15) is 5.75 Å². The van der Waals surface area contributed by atoms with Crippen LogP contribution in [0.2, 0.25) is 0 Å². The lowest BCUT2D eigenvalue weighted by molar-refractivity contribution is -0.116. The molecule has 8 heteroatoms.